The fourth-order valence-electron chi connectivity index (χ4n) is 2.00. The van der Waals surface area contributed by atoms with Gasteiger partial charge in [-0.3, -0.25) is 4.98 Å². The molecule has 0 atom stereocenters. The second-order valence-corrected chi connectivity index (χ2v) is 6.83. The molecular formula is C15H9ClFNO2S. The van der Waals surface area contributed by atoms with Crippen molar-refractivity contribution >= 4 is 32.3 Å². The molecule has 1 aromatic heterocycles. The fourth-order valence-corrected chi connectivity index (χ4v) is 3.37. The predicted molar refractivity (Wildman–Crippen MR) is 78.6 cm³/mol. The van der Waals surface area contributed by atoms with E-state index >= 15 is 0 Å². The van der Waals surface area contributed by atoms with Crippen LogP contribution < -0.4 is 0 Å². The van der Waals surface area contributed by atoms with Gasteiger partial charge in [-0.05, 0) is 36.4 Å². The van der Waals surface area contributed by atoms with Crippen molar-refractivity contribution < 1.29 is 12.8 Å². The summed E-state index contributed by atoms with van der Waals surface area (Å²) in [5.74, 6) is -0.483. The first-order valence-electron chi connectivity index (χ1n) is 6.03. The zero-order valence-corrected chi connectivity index (χ0v) is 12.2. The first-order chi connectivity index (χ1) is 9.98. The van der Waals surface area contributed by atoms with Gasteiger partial charge in [0.1, 0.15) is 11.3 Å². The second-order valence-electron chi connectivity index (χ2n) is 4.44. The molecule has 0 aliphatic carbocycles. The Balaban J connectivity index is 2.17. The molecule has 0 saturated heterocycles. The van der Waals surface area contributed by atoms with Gasteiger partial charge in [-0.2, -0.15) is 0 Å². The van der Waals surface area contributed by atoms with Crippen molar-refractivity contribution in [2.24, 2.45) is 0 Å². The average molecular weight is 322 g/mol. The summed E-state index contributed by atoms with van der Waals surface area (Å²) in [7, 11) is -3.70. The van der Waals surface area contributed by atoms with Crippen molar-refractivity contribution in [1.82, 2.24) is 4.98 Å². The maximum atomic E-state index is 13.6. The van der Waals surface area contributed by atoms with E-state index in [1.54, 1.807) is 6.07 Å². The van der Waals surface area contributed by atoms with Gasteiger partial charge in [0.25, 0.3) is 0 Å². The van der Waals surface area contributed by atoms with Gasteiger partial charge in [0.05, 0.1) is 9.79 Å². The molecule has 6 heteroatoms. The van der Waals surface area contributed by atoms with Crippen LogP contribution in [0.4, 0.5) is 4.39 Å². The van der Waals surface area contributed by atoms with E-state index in [1.807, 2.05) is 0 Å². The number of hydrogen-bond donors (Lipinski definition) is 0. The Hall–Kier alpha value is -1.98. The zero-order valence-electron chi connectivity index (χ0n) is 10.6. The highest BCUT2D eigenvalue weighted by Gasteiger charge is 2.19. The Bertz CT molecular complexity index is 924. The Morgan fingerprint density at radius 3 is 2.43 bits per heavy atom. The van der Waals surface area contributed by atoms with E-state index in [1.165, 1.54) is 42.5 Å². The summed E-state index contributed by atoms with van der Waals surface area (Å²) in [6, 6.07) is 11.7. The van der Waals surface area contributed by atoms with Gasteiger partial charge in [-0.1, -0.05) is 23.7 Å². The lowest BCUT2D eigenvalue weighted by Crippen LogP contribution is -2.02. The molecule has 0 amide bonds. The first kappa shape index (κ1) is 14.0. The number of benzene rings is 2. The van der Waals surface area contributed by atoms with Crippen molar-refractivity contribution in [1.29, 1.82) is 0 Å². The van der Waals surface area contributed by atoms with E-state index in [0.29, 0.717) is 10.4 Å². The molecular weight excluding hydrogens is 313 g/mol. The smallest absolute Gasteiger partial charge is 0.208 e. The predicted octanol–water partition coefficient (Wildman–Crippen LogP) is 3.86. The number of pyridine rings is 1. The standard InChI is InChI=1S/C15H9ClFNO2S/c16-11-4-6-12(7-5-11)21(19,20)13-8-10-2-1-3-14(17)15(10)18-9-13/h1-9H. The molecule has 3 rings (SSSR count). The van der Waals surface area contributed by atoms with Crippen LogP contribution in [0.3, 0.4) is 0 Å². The maximum Gasteiger partial charge on any atom is 0.208 e. The number of nitrogens with zero attached hydrogens (tertiary/aromatic N) is 1. The van der Waals surface area contributed by atoms with Gasteiger partial charge >= 0.3 is 0 Å². The molecule has 0 aliphatic rings. The van der Waals surface area contributed by atoms with Crippen LogP contribution >= 0.6 is 11.6 Å². The third-order valence-corrected chi connectivity index (χ3v) is 5.06. The first-order valence-corrected chi connectivity index (χ1v) is 7.89. The molecule has 2 aromatic carbocycles. The van der Waals surface area contributed by atoms with Crippen LogP contribution in [0, 0.1) is 5.82 Å². The highest BCUT2D eigenvalue weighted by Crippen LogP contribution is 2.25. The van der Waals surface area contributed by atoms with Gasteiger partial charge in [0, 0.05) is 16.6 Å². The minimum Gasteiger partial charge on any atom is -0.252 e. The van der Waals surface area contributed by atoms with Crippen molar-refractivity contribution in [2.45, 2.75) is 9.79 Å². The van der Waals surface area contributed by atoms with Crippen molar-refractivity contribution in [3.8, 4) is 0 Å². The third-order valence-electron chi connectivity index (χ3n) is 3.07. The fraction of sp³-hybridized carbons (Fsp3) is 0. The molecule has 0 radical (unpaired) electrons. The molecule has 3 aromatic rings. The van der Waals surface area contributed by atoms with Crippen LogP contribution in [0.25, 0.3) is 10.9 Å². The summed E-state index contributed by atoms with van der Waals surface area (Å²) < 4.78 is 38.5. The molecule has 3 nitrogen and oxygen atoms in total. The summed E-state index contributed by atoms with van der Waals surface area (Å²) in [5, 5.41) is 0.887. The summed E-state index contributed by atoms with van der Waals surface area (Å²) in [5.41, 5.74) is 0.146. The van der Waals surface area contributed by atoms with Gasteiger partial charge in [0.2, 0.25) is 9.84 Å². The van der Waals surface area contributed by atoms with E-state index in [4.69, 9.17) is 11.6 Å². The number of para-hydroxylation sites is 1. The van der Waals surface area contributed by atoms with Crippen molar-refractivity contribution in [3.05, 3.63) is 65.6 Å². The van der Waals surface area contributed by atoms with Gasteiger partial charge in [-0.25, -0.2) is 12.8 Å². The number of halogens is 2. The second kappa shape index (κ2) is 5.09. The molecule has 0 bridgehead atoms. The van der Waals surface area contributed by atoms with Crippen LogP contribution in [-0.4, -0.2) is 13.4 Å². The molecule has 0 N–H and O–H groups in total. The minimum atomic E-state index is -3.70. The average Bonchev–Trinajstić information content (AvgIpc) is 2.47. The van der Waals surface area contributed by atoms with E-state index < -0.39 is 15.7 Å². The van der Waals surface area contributed by atoms with E-state index in [9.17, 15) is 12.8 Å². The van der Waals surface area contributed by atoms with Gasteiger partial charge < -0.3 is 0 Å². The Morgan fingerprint density at radius 1 is 1.00 bits per heavy atom. The summed E-state index contributed by atoms with van der Waals surface area (Å²) in [6.45, 7) is 0. The minimum absolute atomic E-state index is 0.0166. The Kier molecular flexibility index (Phi) is 3.39. The van der Waals surface area contributed by atoms with Crippen LogP contribution in [-0.2, 0) is 9.84 Å². The molecule has 0 spiro atoms. The number of fused-ring (bicyclic) bond motifs is 1. The van der Waals surface area contributed by atoms with E-state index in [2.05, 4.69) is 4.98 Å². The van der Waals surface area contributed by atoms with Gasteiger partial charge in [-0.15, -0.1) is 0 Å². The molecule has 21 heavy (non-hydrogen) atoms. The zero-order chi connectivity index (χ0) is 15.0. The molecule has 0 saturated carbocycles. The van der Waals surface area contributed by atoms with Crippen molar-refractivity contribution in [3.63, 3.8) is 0 Å². The van der Waals surface area contributed by atoms with Gasteiger partial charge in [0.15, 0.2) is 0 Å². The Morgan fingerprint density at radius 2 is 1.71 bits per heavy atom. The lowest BCUT2D eigenvalue weighted by molar-refractivity contribution is 0.595. The lowest BCUT2D eigenvalue weighted by Gasteiger charge is -2.06. The van der Waals surface area contributed by atoms with E-state index in [-0.39, 0.29) is 15.3 Å². The summed E-state index contributed by atoms with van der Waals surface area (Å²) in [6.07, 6.45) is 1.16. The number of aromatic nitrogens is 1. The highest BCUT2D eigenvalue weighted by atomic mass is 35.5. The van der Waals surface area contributed by atoms with Crippen LogP contribution in [0.2, 0.25) is 5.02 Å². The third kappa shape index (κ3) is 2.50. The number of sulfone groups is 1. The Labute approximate surface area is 125 Å². The summed E-state index contributed by atoms with van der Waals surface area (Å²) in [4.78, 5) is 4.04. The SMILES string of the molecule is O=S(=O)(c1ccc(Cl)cc1)c1cnc2c(F)cccc2c1. The summed E-state index contributed by atoms with van der Waals surface area (Å²) >= 11 is 5.75. The number of hydrogen-bond acceptors (Lipinski definition) is 3. The van der Waals surface area contributed by atoms with E-state index in [0.717, 1.165) is 6.20 Å². The number of rotatable bonds is 2. The molecule has 0 fully saturated rings. The molecule has 106 valence electrons. The molecule has 1 heterocycles. The normalized spacial score (nSPS) is 11.7. The van der Waals surface area contributed by atoms with Crippen LogP contribution in [0.15, 0.2) is 64.5 Å². The maximum absolute atomic E-state index is 13.6. The lowest BCUT2D eigenvalue weighted by atomic mass is 10.2. The quantitative estimate of drug-likeness (QED) is 0.720. The van der Waals surface area contributed by atoms with Crippen LogP contribution in [0.1, 0.15) is 0 Å². The highest BCUT2D eigenvalue weighted by molar-refractivity contribution is 7.91. The topological polar surface area (TPSA) is 47.0 Å². The monoisotopic (exact) mass is 321 g/mol. The van der Waals surface area contributed by atoms with Crippen LogP contribution in [0.5, 0.6) is 0 Å². The largest absolute Gasteiger partial charge is 0.252 e. The molecule has 0 unspecified atom stereocenters. The van der Waals surface area contributed by atoms with Crippen molar-refractivity contribution in [2.75, 3.05) is 0 Å². The molecule has 0 aliphatic heterocycles.